The lowest BCUT2D eigenvalue weighted by Gasteiger charge is -2.22. The van der Waals surface area contributed by atoms with Crippen LogP contribution >= 0.6 is 12.2 Å². The van der Waals surface area contributed by atoms with Crippen LogP contribution in [0.5, 0.6) is 0 Å². The molecule has 1 atom stereocenters. The second-order valence-electron chi connectivity index (χ2n) is 11.5. The normalized spacial score (nSPS) is 14.4. The van der Waals surface area contributed by atoms with E-state index in [-0.39, 0.29) is 35.8 Å². The Labute approximate surface area is 285 Å². The average molecular weight is 673 g/mol. The topological polar surface area (TPSA) is 138 Å². The van der Waals surface area contributed by atoms with E-state index in [9.17, 15) is 14.4 Å². The quantitative estimate of drug-likeness (QED) is 0.153. The summed E-state index contributed by atoms with van der Waals surface area (Å²) in [6.45, 7) is 1.97. The fourth-order valence-corrected chi connectivity index (χ4v) is 5.96. The lowest BCUT2D eigenvalue weighted by Crippen LogP contribution is -2.43. The molecule has 4 aromatic carbocycles. The number of nitrogens with one attached hydrogen (secondary N) is 2. The number of amides is 3. The van der Waals surface area contributed by atoms with E-state index < -0.39 is 11.9 Å². The maximum absolute atomic E-state index is 14.0. The Morgan fingerprint density at radius 3 is 2.37 bits per heavy atom. The van der Waals surface area contributed by atoms with Crippen molar-refractivity contribution in [3.8, 4) is 11.5 Å². The standard InChI is InChI=1S/C36H29N7O5S/c1-22-12-18-26(19-13-22)43-35(46)28(20-31(44)37-25-16-14-24(15-17-25)33-38-27-10-6-7-11-30(27)47-33)42(36(43)49)21-29-34(48-40-41(29)2)39-32(45)23-8-4-3-5-9-23/h3-19,28H,20-21H2,1-2H3,(H-,37,38,39,40,44,45)/p+1. The fourth-order valence-electron chi connectivity index (χ4n) is 5.57. The zero-order valence-electron chi connectivity index (χ0n) is 26.5. The van der Waals surface area contributed by atoms with E-state index >= 15 is 0 Å². The van der Waals surface area contributed by atoms with Gasteiger partial charge in [0.25, 0.3) is 17.5 Å². The molecule has 0 saturated carbocycles. The minimum absolute atomic E-state index is 0.0223. The number of nitrogens with zero attached hydrogens (tertiary/aromatic N) is 5. The van der Waals surface area contributed by atoms with Gasteiger partial charge in [0, 0.05) is 16.8 Å². The number of thiocarbonyl (C=S) groups is 1. The Kier molecular flexibility index (Phi) is 8.41. The fraction of sp³-hybridized carbons (Fsp3) is 0.139. The first-order valence-corrected chi connectivity index (χ1v) is 15.8. The number of hydrogen-bond donors (Lipinski definition) is 2. The highest BCUT2D eigenvalue weighted by Gasteiger charge is 2.46. The molecule has 1 aliphatic rings. The third-order valence-corrected chi connectivity index (χ3v) is 8.61. The molecule has 1 fully saturated rings. The Hall–Kier alpha value is -6.21. The first-order chi connectivity index (χ1) is 23.7. The molecule has 1 unspecified atom stereocenters. The first kappa shape index (κ1) is 31.4. The van der Waals surface area contributed by atoms with Crippen molar-refractivity contribution in [3.05, 3.63) is 120 Å². The maximum Gasteiger partial charge on any atom is 0.307 e. The number of hydrogen-bond acceptors (Lipinski definition) is 8. The van der Waals surface area contributed by atoms with Crippen molar-refractivity contribution in [1.29, 1.82) is 0 Å². The van der Waals surface area contributed by atoms with Crippen molar-refractivity contribution >= 4 is 63.4 Å². The molecule has 0 radical (unpaired) electrons. The van der Waals surface area contributed by atoms with Crippen LogP contribution in [-0.4, -0.2) is 44.0 Å². The van der Waals surface area contributed by atoms with Gasteiger partial charge in [0.15, 0.2) is 17.7 Å². The number of rotatable bonds is 9. The summed E-state index contributed by atoms with van der Waals surface area (Å²) in [6, 6.07) is 29.7. The van der Waals surface area contributed by atoms with Gasteiger partial charge in [-0.2, -0.15) is 0 Å². The van der Waals surface area contributed by atoms with Crippen LogP contribution in [0, 0.1) is 6.92 Å². The summed E-state index contributed by atoms with van der Waals surface area (Å²) in [5.41, 5.74) is 5.21. The third kappa shape index (κ3) is 6.39. The summed E-state index contributed by atoms with van der Waals surface area (Å²) in [4.78, 5) is 48.1. The zero-order valence-corrected chi connectivity index (χ0v) is 27.3. The molecule has 3 amide bonds. The Bertz CT molecular complexity index is 2160. The minimum atomic E-state index is -0.958. The van der Waals surface area contributed by atoms with Crippen LogP contribution < -0.4 is 20.2 Å². The van der Waals surface area contributed by atoms with Gasteiger partial charge in [-0.1, -0.05) is 48.0 Å². The lowest BCUT2D eigenvalue weighted by molar-refractivity contribution is -0.746. The largest absolute Gasteiger partial charge is 0.436 e. The molecule has 3 heterocycles. The van der Waals surface area contributed by atoms with Gasteiger partial charge in [-0.3, -0.25) is 29.1 Å². The van der Waals surface area contributed by atoms with Gasteiger partial charge in [-0.05, 0) is 84.5 Å². The van der Waals surface area contributed by atoms with Crippen LogP contribution in [0.1, 0.15) is 28.0 Å². The molecule has 0 bridgehead atoms. The predicted molar refractivity (Wildman–Crippen MR) is 185 cm³/mol. The highest BCUT2D eigenvalue weighted by atomic mass is 32.1. The molecule has 0 spiro atoms. The van der Waals surface area contributed by atoms with Crippen LogP contribution in [0.15, 0.2) is 112 Å². The molecule has 13 heteroatoms. The number of aryl methyl sites for hydroxylation is 2. The number of oxazole rings is 1. The highest BCUT2D eigenvalue weighted by molar-refractivity contribution is 7.80. The third-order valence-electron chi connectivity index (χ3n) is 8.19. The number of benzene rings is 4. The molecule has 49 heavy (non-hydrogen) atoms. The molecule has 7 rings (SSSR count). The predicted octanol–water partition coefficient (Wildman–Crippen LogP) is 5.40. The molecule has 2 aromatic heterocycles. The monoisotopic (exact) mass is 672 g/mol. The van der Waals surface area contributed by atoms with Gasteiger partial charge in [0.1, 0.15) is 18.1 Å². The Morgan fingerprint density at radius 2 is 1.63 bits per heavy atom. The van der Waals surface area contributed by atoms with Crippen LogP contribution in [0.3, 0.4) is 0 Å². The van der Waals surface area contributed by atoms with Crippen molar-refractivity contribution in [3.63, 3.8) is 0 Å². The number of anilines is 3. The van der Waals surface area contributed by atoms with Gasteiger partial charge in [-0.15, -0.1) is 0 Å². The summed E-state index contributed by atoms with van der Waals surface area (Å²) in [5, 5.41) is 9.85. The summed E-state index contributed by atoms with van der Waals surface area (Å²) in [5.74, 6) is -0.569. The van der Waals surface area contributed by atoms with Gasteiger partial charge in [0.05, 0.1) is 12.1 Å². The number of aromatic nitrogens is 3. The van der Waals surface area contributed by atoms with Crippen molar-refractivity contribution in [2.24, 2.45) is 7.05 Å². The zero-order chi connectivity index (χ0) is 34.1. The molecule has 12 nitrogen and oxygen atoms in total. The van der Waals surface area contributed by atoms with E-state index in [1.54, 1.807) is 60.5 Å². The summed E-state index contributed by atoms with van der Waals surface area (Å²) in [7, 11) is 1.65. The van der Waals surface area contributed by atoms with Gasteiger partial charge < -0.3 is 14.6 Å². The van der Waals surface area contributed by atoms with Crippen LogP contribution in [-0.2, 0) is 23.2 Å². The summed E-state index contributed by atoms with van der Waals surface area (Å²) >= 11 is 5.86. The Morgan fingerprint density at radius 1 is 0.918 bits per heavy atom. The number of carbonyl (C=O) groups excluding carboxylic acids is 3. The van der Waals surface area contributed by atoms with Crippen LogP contribution in [0.4, 0.5) is 17.3 Å². The number of carbonyl (C=O) groups is 3. The molecule has 0 aliphatic carbocycles. The molecule has 6 aromatic rings. The van der Waals surface area contributed by atoms with Crippen LogP contribution in [0.2, 0.25) is 0 Å². The molecular formula is C36H30N7O5S+. The lowest BCUT2D eigenvalue weighted by atomic mass is 10.1. The molecule has 1 aliphatic heterocycles. The number of fused-ring (bicyclic) bond motifs is 1. The van der Waals surface area contributed by atoms with Crippen molar-refractivity contribution in [2.45, 2.75) is 25.9 Å². The van der Waals surface area contributed by atoms with E-state index in [1.807, 2.05) is 61.5 Å². The van der Waals surface area contributed by atoms with Crippen molar-refractivity contribution in [2.75, 3.05) is 15.5 Å². The van der Waals surface area contributed by atoms with E-state index in [2.05, 4.69) is 20.9 Å². The van der Waals surface area contributed by atoms with Crippen LogP contribution in [0.25, 0.3) is 22.6 Å². The van der Waals surface area contributed by atoms with E-state index in [1.165, 1.54) is 9.58 Å². The molecule has 244 valence electrons. The van der Waals surface area contributed by atoms with Gasteiger partial charge >= 0.3 is 5.88 Å². The smallest absolute Gasteiger partial charge is 0.307 e. The van der Waals surface area contributed by atoms with Gasteiger partial charge in [-0.25, -0.2) is 4.98 Å². The van der Waals surface area contributed by atoms with Crippen molar-refractivity contribution in [1.82, 2.24) is 15.2 Å². The van der Waals surface area contributed by atoms with E-state index in [0.29, 0.717) is 34.1 Å². The SMILES string of the molecule is Cc1ccc(N2C(=O)C(CC(=O)Nc3ccc(-c4nc5ccccc5o4)cc3)N(Cc3c(NC(=O)c4ccccc4)on[n+]3C)C2=S)cc1. The molecule has 2 N–H and O–H groups in total. The second kappa shape index (κ2) is 13.1. The average Bonchev–Trinajstić information content (AvgIpc) is 3.76. The van der Waals surface area contributed by atoms with Gasteiger partial charge in [0.2, 0.25) is 17.1 Å². The minimum Gasteiger partial charge on any atom is -0.436 e. The van der Waals surface area contributed by atoms with E-state index in [4.69, 9.17) is 21.2 Å². The second-order valence-corrected chi connectivity index (χ2v) is 11.9. The highest BCUT2D eigenvalue weighted by Crippen LogP contribution is 2.30. The Balaban J connectivity index is 1.12. The van der Waals surface area contributed by atoms with Crippen molar-refractivity contribution < 1.29 is 28.0 Å². The maximum atomic E-state index is 14.0. The number of para-hydroxylation sites is 2. The summed E-state index contributed by atoms with van der Waals surface area (Å²) in [6.07, 6.45) is -0.199. The summed E-state index contributed by atoms with van der Waals surface area (Å²) < 4.78 is 12.8. The molecule has 1 saturated heterocycles. The first-order valence-electron chi connectivity index (χ1n) is 15.4. The van der Waals surface area contributed by atoms with E-state index in [0.717, 1.165) is 16.6 Å². The molecular weight excluding hydrogens is 643 g/mol.